The Bertz CT molecular complexity index is 900. The van der Waals surface area contributed by atoms with Crippen LogP contribution in [0.2, 0.25) is 0 Å². The number of hydrogen-bond donors (Lipinski definition) is 2. The van der Waals surface area contributed by atoms with Gasteiger partial charge < -0.3 is 15.1 Å². The third kappa shape index (κ3) is 3.82. The number of nitrogens with one attached hydrogen (secondary N) is 2. The Kier molecular flexibility index (Phi) is 4.73. The Hall–Kier alpha value is -3.23. The number of aryl methyl sites for hydroxylation is 2. The fourth-order valence-electron chi connectivity index (χ4n) is 2.47. The number of amides is 2. The number of hydrogen-bond acceptors (Lipinski definition) is 6. The van der Waals surface area contributed by atoms with Crippen LogP contribution in [0.3, 0.4) is 0 Å². The van der Waals surface area contributed by atoms with Gasteiger partial charge in [-0.15, -0.1) is 0 Å². The fourth-order valence-corrected chi connectivity index (χ4v) is 2.47. The quantitative estimate of drug-likeness (QED) is 0.666. The van der Waals surface area contributed by atoms with Crippen molar-refractivity contribution < 1.29 is 14.0 Å². The van der Waals surface area contributed by atoms with Gasteiger partial charge in [0, 0.05) is 17.0 Å². The van der Waals surface area contributed by atoms with Gasteiger partial charge in [-0.05, 0) is 26.0 Å². The van der Waals surface area contributed by atoms with Crippen molar-refractivity contribution in [2.75, 3.05) is 6.54 Å². The third-order valence-electron chi connectivity index (χ3n) is 3.81. The summed E-state index contributed by atoms with van der Waals surface area (Å²) in [6.45, 7) is 3.86. The fraction of sp³-hybridized carbons (Fsp3) is 0.312. The summed E-state index contributed by atoms with van der Waals surface area (Å²) in [6.07, 6.45) is 3.07. The molecule has 9 heteroatoms. The lowest BCUT2D eigenvalue weighted by atomic mass is 10.1. The third-order valence-corrected chi connectivity index (χ3v) is 3.81. The molecule has 0 bridgehead atoms. The number of rotatable bonds is 6. The van der Waals surface area contributed by atoms with Crippen LogP contribution in [-0.4, -0.2) is 37.9 Å². The van der Waals surface area contributed by atoms with Crippen LogP contribution in [0.1, 0.15) is 22.7 Å². The molecule has 0 saturated heterocycles. The Morgan fingerprint density at radius 3 is 2.84 bits per heavy atom. The number of fused-ring (bicyclic) bond motifs is 1. The average Bonchev–Trinajstić information content (AvgIpc) is 3.26. The van der Waals surface area contributed by atoms with Gasteiger partial charge in [-0.2, -0.15) is 10.1 Å². The molecule has 0 aromatic carbocycles. The minimum atomic E-state index is -0.289. The van der Waals surface area contributed by atoms with Gasteiger partial charge in [0.05, 0.1) is 25.8 Å². The number of carbonyl (C=O) groups is 2. The van der Waals surface area contributed by atoms with Gasteiger partial charge in [-0.25, -0.2) is 9.50 Å². The maximum atomic E-state index is 12.1. The number of aromatic nitrogens is 4. The average molecular weight is 342 g/mol. The van der Waals surface area contributed by atoms with Crippen LogP contribution in [0.4, 0.5) is 0 Å². The first kappa shape index (κ1) is 16.6. The summed E-state index contributed by atoms with van der Waals surface area (Å²) in [5.41, 5.74) is 2.29. The van der Waals surface area contributed by atoms with Crippen LogP contribution in [0.15, 0.2) is 29.1 Å². The van der Waals surface area contributed by atoms with E-state index in [0.717, 1.165) is 17.0 Å². The molecule has 3 aromatic rings. The molecule has 3 heterocycles. The Morgan fingerprint density at radius 1 is 1.24 bits per heavy atom. The van der Waals surface area contributed by atoms with Crippen LogP contribution < -0.4 is 10.6 Å². The van der Waals surface area contributed by atoms with Gasteiger partial charge in [-0.3, -0.25) is 9.59 Å². The maximum Gasteiger partial charge on any atom is 0.252 e. The predicted octanol–water partition coefficient (Wildman–Crippen LogP) is 0.309. The van der Waals surface area contributed by atoms with Gasteiger partial charge in [0.2, 0.25) is 11.8 Å². The smallest absolute Gasteiger partial charge is 0.252 e. The second-order valence-corrected chi connectivity index (χ2v) is 5.54. The zero-order valence-corrected chi connectivity index (χ0v) is 13.9. The first-order valence-corrected chi connectivity index (χ1v) is 7.76. The number of nitrogens with zero attached hydrogens (tertiary/aromatic N) is 4. The molecule has 0 aliphatic heterocycles. The highest BCUT2D eigenvalue weighted by Gasteiger charge is 2.15. The number of carbonyl (C=O) groups excluding carboxylic acids is 2. The molecule has 9 nitrogen and oxygen atoms in total. The largest absolute Gasteiger partial charge is 0.467 e. The molecular weight excluding hydrogens is 324 g/mol. The normalized spacial score (nSPS) is 10.8. The summed E-state index contributed by atoms with van der Waals surface area (Å²) in [5.74, 6) is 0.596. The van der Waals surface area contributed by atoms with Crippen LogP contribution in [-0.2, 0) is 22.6 Å². The topological polar surface area (TPSA) is 114 Å². The molecule has 0 atom stereocenters. The van der Waals surface area contributed by atoms with Crippen molar-refractivity contribution in [2.24, 2.45) is 0 Å². The maximum absolute atomic E-state index is 12.1. The van der Waals surface area contributed by atoms with Crippen molar-refractivity contribution in [1.82, 2.24) is 30.2 Å². The van der Waals surface area contributed by atoms with E-state index in [-0.39, 0.29) is 31.3 Å². The van der Waals surface area contributed by atoms with E-state index >= 15 is 0 Å². The van der Waals surface area contributed by atoms with E-state index in [4.69, 9.17) is 4.42 Å². The van der Waals surface area contributed by atoms with Crippen molar-refractivity contribution >= 4 is 17.6 Å². The second-order valence-electron chi connectivity index (χ2n) is 5.54. The minimum absolute atomic E-state index is 0.101. The molecule has 0 aliphatic rings. The van der Waals surface area contributed by atoms with E-state index in [0.29, 0.717) is 11.5 Å². The van der Waals surface area contributed by atoms with E-state index in [2.05, 4.69) is 25.7 Å². The summed E-state index contributed by atoms with van der Waals surface area (Å²) in [6, 6.07) is 3.51. The van der Waals surface area contributed by atoms with Gasteiger partial charge in [-0.1, -0.05) is 0 Å². The summed E-state index contributed by atoms with van der Waals surface area (Å²) >= 11 is 0. The van der Waals surface area contributed by atoms with Crippen LogP contribution in [0.25, 0.3) is 5.78 Å². The molecule has 0 spiro atoms. The van der Waals surface area contributed by atoms with E-state index in [1.165, 1.54) is 12.6 Å². The highest BCUT2D eigenvalue weighted by molar-refractivity contribution is 5.85. The lowest BCUT2D eigenvalue weighted by Gasteiger charge is -2.10. The number of furan rings is 1. The van der Waals surface area contributed by atoms with Gasteiger partial charge >= 0.3 is 0 Å². The molecular formula is C16H18N6O3. The van der Waals surface area contributed by atoms with Crippen molar-refractivity contribution in [3.63, 3.8) is 0 Å². The molecule has 0 aliphatic carbocycles. The second kappa shape index (κ2) is 7.12. The van der Waals surface area contributed by atoms with E-state index in [9.17, 15) is 9.59 Å². The van der Waals surface area contributed by atoms with Crippen molar-refractivity contribution in [1.29, 1.82) is 0 Å². The van der Waals surface area contributed by atoms with Crippen LogP contribution in [0, 0.1) is 13.8 Å². The van der Waals surface area contributed by atoms with E-state index < -0.39 is 0 Å². The molecule has 0 saturated carbocycles. The minimum Gasteiger partial charge on any atom is -0.467 e. The molecule has 3 rings (SSSR count). The lowest BCUT2D eigenvalue weighted by Crippen LogP contribution is -2.37. The zero-order chi connectivity index (χ0) is 17.8. The molecule has 0 radical (unpaired) electrons. The van der Waals surface area contributed by atoms with Gasteiger partial charge in [0.25, 0.3) is 5.78 Å². The van der Waals surface area contributed by atoms with Crippen molar-refractivity contribution in [3.05, 3.63) is 47.4 Å². The highest BCUT2D eigenvalue weighted by atomic mass is 16.3. The van der Waals surface area contributed by atoms with Crippen molar-refractivity contribution in [2.45, 2.75) is 26.8 Å². The summed E-state index contributed by atoms with van der Waals surface area (Å²) in [5, 5.41) is 9.36. The van der Waals surface area contributed by atoms with Crippen LogP contribution >= 0.6 is 0 Å². The lowest BCUT2D eigenvalue weighted by molar-refractivity contribution is -0.125. The first-order chi connectivity index (χ1) is 12.0. The Balaban J connectivity index is 1.55. The Morgan fingerprint density at radius 2 is 2.08 bits per heavy atom. The van der Waals surface area contributed by atoms with Gasteiger partial charge in [0.15, 0.2) is 0 Å². The summed E-state index contributed by atoms with van der Waals surface area (Å²) in [7, 11) is 0. The molecule has 130 valence electrons. The molecule has 2 amide bonds. The molecule has 0 unspecified atom stereocenters. The molecule has 0 fully saturated rings. The van der Waals surface area contributed by atoms with Gasteiger partial charge in [0.1, 0.15) is 12.1 Å². The first-order valence-electron chi connectivity index (χ1n) is 7.76. The Labute approximate surface area is 143 Å². The van der Waals surface area contributed by atoms with E-state index in [1.54, 1.807) is 16.6 Å². The van der Waals surface area contributed by atoms with E-state index in [1.807, 2.05) is 13.8 Å². The predicted molar refractivity (Wildman–Crippen MR) is 87.5 cm³/mol. The van der Waals surface area contributed by atoms with Crippen molar-refractivity contribution in [3.8, 4) is 0 Å². The highest BCUT2D eigenvalue weighted by Crippen LogP contribution is 2.13. The summed E-state index contributed by atoms with van der Waals surface area (Å²) < 4.78 is 6.71. The SMILES string of the molecule is Cc1nc2ncnn2c(C)c1CC(=O)NCC(=O)NCc1ccco1. The van der Waals surface area contributed by atoms with Crippen LogP contribution in [0.5, 0.6) is 0 Å². The molecule has 25 heavy (non-hydrogen) atoms. The molecule has 2 N–H and O–H groups in total. The summed E-state index contributed by atoms with van der Waals surface area (Å²) in [4.78, 5) is 32.3. The monoisotopic (exact) mass is 342 g/mol. The molecule has 3 aromatic heterocycles. The zero-order valence-electron chi connectivity index (χ0n) is 13.9. The standard InChI is InChI=1S/C16H18N6O3/c1-10-13(11(2)22-16(21-10)19-9-20-22)6-14(23)18-8-15(24)17-7-12-4-3-5-25-12/h3-5,9H,6-8H2,1-2H3,(H,17,24)(H,18,23).